The van der Waals surface area contributed by atoms with Crippen molar-refractivity contribution in [2.24, 2.45) is 0 Å². The number of aliphatic hydroxyl groups excluding tert-OH is 1. The van der Waals surface area contributed by atoms with Gasteiger partial charge in [-0.2, -0.15) is 0 Å². The number of hydrogen-bond donors (Lipinski definition) is 2. The summed E-state index contributed by atoms with van der Waals surface area (Å²) in [5.74, 6) is 0.724. The van der Waals surface area contributed by atoms with E-state index in [1.54, 1.807) is 6.20 Å². The molecule has 0 bridgehead atoms. The van der Waals surface area contributed by atoms with Crippen molar-refractivity contribution in [3.05, 3.63) is 18.4 Å². The topological polar surface area (TPSA) is 58.3 Å². The molecule has 2 atom stereocenters. The molecule has 2 N–H and O–H groups in total. The summed E-state index contributed by atoms with van der Waals surface area (Å²) in [4.78, 5) is 3.81. The summed E-state index contributed by atoms with van der Waals surface area (Å²) < 4.78 is 5.11. The standard InChI is InChI=1S/C8H12N2O2/c11-6-2-1-3-10-8(6)7-4-9-5-12-7/h4-6,8,10-11H,1-3H2. The van der Waals surface area contributed by atoms with Crippen molar-refractivity contribution in [2.75, 3.05) is 6.54 Å². The fourth-order valence-corrected chi connectivity index (χ4v) is 1.54. The molecule has 1 aromatic heterocycles. The second-order valence-electron chi connectivity index (χ2n) is 3.05. The molecule has 2 rings (SSSR count). The van der Waals surface area contributed by atoms with Crippen molar-refractivity contribution in [2.45, 2.75) is 25.0 Å². The number of nitrogens with zero attached hydrogens (tertiary/aromatic N) is 1. The van der Waals surface area contributed by atoms with E-state index >= 15 is 0 Å². The minimum absolute atomic E-state index is 0.0683. The third-order valence-electron chi connectivity index (χ3n) is 2.18. The highest BCUT2D eigenvalue weighted by Crippen LogP contribution is 2.22. The Morgan fingerprint density at radius 2 is 2.58 bits per heavy atom. The molecule has 0 aliphatic carbocycles. The SMILES string of the molecule is OC1CCCNC1c1cnco1. The minimum Gasteiger partial charge on any atom is -0.447 e. The molecule has 2 unspecified atom stereocenters. The molecular weight excluding hydrogens is 156 g/mol. The monoisotopic (exact) mass is 168 g/mol. The van der Waals surface area contributed by atoms with Gasteiger partial charge in [-0.25, -0.2) is 4.98 Å². The second kappa shape index (κ2) is 3.25. The van der Waals surface area contributed by atoms with E-state index in [0.29, 0.717) is 0 Å². The predicted molar refractivity (Wildman–Crippen MR) is 42.5 cm³/mol. The summed E-state index contributed by atoms with van der Waals surface area (Å²) in [7, 11) is 0. The zero-order valence-electron chi connectivity index (χ0n) is 6.73. The maximum atomic E-state index is 9.59. The van der Waals surface area contributed by atoms with Gasteiger partial charge in [0, 0.05) is 0 Å². The van der Waals surface area contributed by atoms with Crippen LogP contribution in [0, 0.1) is 0 Å². The summed E-state index contributed by atoms with van der Waals surface area (Å²) in [5.41, 5.74) is 0. The molecule has 2 heterocycles. The molecule has 1 saturated heterocycles. The lowest BCUT2D eigenvalue weighted by molar-refractivity contribution is 0.0865. The first kappa shape index (κ1) is 7.76. The smallest absolute Gasteiger partial charge is 0.180 e. The molecule has 0 amide bonds. The molecule has 0 radical (unpaired) electrons. The number of aromatic nitrogens is 1. The van der Waals surface area contributed by atoms with Gasteiger partial charge in [-0.15, -0.1) is 0 Å². The van der Waals surface area contributed by atoms with Gasteiger partial charge in [0.25, 0.3) is 0 Å². The fraction of sp³-hybridized carbons (Fsp3) is 0.625. The third-order valence-corrected chi connectivity index (χ3v) is 2.18. The lowest BCUT2D eigenvalue weighted by atomic mass is 10.00. The Hall–Kier alpha value is -0.870. The van der Waals surface area contributed by atoms with Crippen LogP contribution < -0.4 is 5.32 Å². The van der Waals surface area contributed by atoms with E-state index in [9.17, 15) is 5.11 Å². The van der Waals surface area contributed by atoms with Crippen LogP contribution in [0.1, 0.15) is 24.6 Å². The third kappa shape index (κ3) is 1.35. The van der Waals surface area contributed by atoms with E-state index in [1.807, 2.05) is 0 Å². The highest BCUT2D eigenvalue weighted by Gasteiger charge is 2.26. The molecule has 66 valence electrons. The number of oxazole rings is 1. The van der Waals surface area contributed by atoms with E-state index < -0.39 is 0 Å². The highest BCUT2D eigenvalue weighted by molar-refractivity contribution is 5.01. The van der Waals surface area contributed by atoms with Crippen molar-refractivity contribution in [3.63, 3.8) is 0 Å². The van der Waals surface area contributed by atoms with Gasteiger partial charge in [-0.05, 0) is 19.4 Å². The van der Waals surface area contributed by atoms with Crippen LogP contribution in [-0.2, 0) is 0 Å². The predicted octanol–water partition coefficient (Wildman–Crippen LogP) is 0.460. The Morgan fingerprint density at radius 3 is 3.25 bits per heavy atom. The Labute approximate surface area is 70.6 Å². The lowest BCUT2D eigenvalue weighted by Gasteiger charge is -2.26. The molecule has 1 aliphatic rings. The summed E-state index contributed by atoms with van der Waals surface area (Å²) in [5, 5.41) is 12.8. The van der Waals surface area contributed by atoms with Gasteiger partial charge in [0.1, 0.15) is 5.76 Å². The maximum absolute atomic E-state index is 9.59. The van der Waals surface area contributed by atoms with Crippen molar-refractivity contribution >= 4 is 0 Å². The zero-order chi connectivity index (χ0) is 8.39. The van der Waals surface area contributed by atoms with E-state index in [0.717, 1.165) is 25.1 Å². The molecule has 4 heteroatoms. The lowest BCUT2D eigenvalue weighted by Crippen LogP contribution is -2.37. The molecular formula is C8H12N2O2. The fourth-order valence-electron chi connectivity index (χ4n) is 1.54. The molecule has 0 saturated carbocycles. The Morgan fingerprint density at radius 1 is 1.67 bits per heavy atom. The maximum Gasteiger partial charge on any atom is 0.180 e. The molecule has 1 aromatic rings. The highest BCUT2D eigenvalue weighted by atomic mass is 16.3. The van der Waals surface area contributed by atoms with Crippen LogP contribution in [0.2, 0.25) is 0 Å². The number of aliphatic hydroxyl groups is 1. The van der Waals surface area contributed by atoms with Gasteiger partial charge in [0.2, 0.25) is 0 Å². The Balaban J connectivity index is 2.11. The average molecular weight is 168 g/mol. The van der Waals surface area contributed by atoms with Crippen molar-refractivity contribution < 1.29 is 9.52 Å². The summed E-state index contributed by atoms with van der Waals surface area (Å²) in [6, 6.07) is -0.0683. The van der Waals surface area contributed by atoms with E-state index in [4.69, 9.17) is 4.42 Å². The van der Waals surface area contributed by atoms with Gasteiger partial charge in [-0.1, -0.05) is 0 Å². The quantitative estimate of drug-likeness (QED) is 0.639. The van der Waals surface area contributed by atoms with Crippen LogP contribution in [-0.4, -0.2) is 22.7 Å². The van der Waals surface area contributed by atoms with Crippen LogP contribution >= 0.6 is 0 Å². The van der Waals surface area contributed by atoms with Gasteiger partial charge >= 0.3 is 0 Å². The first-order valence-electron chi connectivity index (χ1n) is 4.18. The summed E-state index contributed by atoms with van der Waals surface area (Å²) >= 11 is 0. The van der Waals surface area contributed by atoms with Crippen LogP contribution in [0.15, 0.2) is 17.0 Å². The van der Waals surface area contributed by atoms with Crippen LogP contribution in [0.4, 0.5) is 0 Å². The van der Waals surface area contributed by atoms with Crippen molar-refractivity contribution in [1.29, 1.82) is 0 Å². The number of piperidine rings is 1. The number of rotatable bonds is 1. The van der Waals surface area contributed by atoms with Crippen molar-refractivity contribution in [3.8, 4) is 0 Å². The van der Waals surface area contributed by atoms with Gasteiger partial charge in [-0.3, -0.25) is 0 Å². The first-order chi connectivity index (χ1) is 5.88. The number of hydrogen-bond acceptors (Lipinski definition) is 4. The Bertz CT molecular complexity index is 235. The second-order valence-corrected chi connectivity index (χ2v) is 3.05. The van der Waals surface area contributed by atoms with Gasteiger partial charge in [0.15, 0.2) is 6.39 Å². The van der Waals surface area contributed by atoms with Gasteiger partial charge in [0.05, 0.1) is 18.3 Å². The molecule has 1 fully saturated rings. The molecule has 0 aromatic carbocycles. The Kier molecular flexibility index (Phi) is 2.10. The van der Waals surface area contributed by atoms with Gasteiger partial charge < -0.3 is 14.8 Å². The zero-order valence-corrected chi connectivity index (χ0v) is 6.73. The largest absolute Gasteiger partial charge is 0.447 e. The van der Waals surface area contributed by atoms with E-state index in [-0.39, 0.29) is 12.1 Å². The molecule has 1 aliphatic heterocycles. The first-order valence-corrected chi connectivity index (χ1v) is 4.18. The van der Waals surface area contributed by atoms with Crippen molar-refractivity contribution in [1.82, 2.24) is 10.3 Å². The molecule has 0 spiro atoms. The molecule has 12 heavy (non-hydrogen) atoms. The van der Waals surface area contributed by atoms with Crippen LogP contribution in [0.25, 0.3) is 0 Å². The van der Waals surface area contributed by atoms with Crippen LogP contribution in [0.3, 0.4) is 0 Å². The number of nitrogens with one attached hydrogen (secondary N) is 1. The molecule has 4 nitrogen and oxygen atoms in total. The summed E-state index contributed by atoms with van der Waals surface area (Å²) in [6.45, 7) is 0.933. The normalized spacial score (nSPS) is 30.4. The van der Waals surface area contributed by atoms with E-state index in [1.165, 1.54) is 6.39 Å². The average Bonchev–Trinajstić information content (AvgIpc) is 2.57. The summed E-state index contributed by atoms with van der Waals surface area (Å²) in [6.07, 6.45) is 4.54. The van der Waals surface area contributed by atoms with E-state index in [2.05, 4.69) is 10.3 Å². The van der Waals surface area contributed by atoms with Crippen LogP contribution in [0.5, 0.6) is 0 Å². The minimum atomic E-state index is -0.341.